The standard InChI is InChI=1S/C15H12S8/c1-2-4-8(5-3-1)9-18-12-13(19-9)23-15(22-12)14-20-10-11(21-14)17-7-6-16-10/h6-7H,1-5H2. The summed E-state index contributed by atoms with van der Waals surface area (Å²) < 4.78 is 10.6. The fraction of sp³-hybridized carbons (Fsp3) is 0.333. The van der Waals surface area contributed by atoms with Gasteiger partial charge in [-0.05, 0) is 42.1 Å². The Labute approximate surface area is 170 Å². The van der Waals surface area contributed by atoms with E-state index in [9.17, 15) is 0 Å². The van der Waals surface area contributed by atoms with Crippen LogP contribution in [0, 0.1) is 0 Å². The molecule has 0 amide bonds. The molecule has 0 spiro atoms. The van der Waals surface area contributed by atoms with Crippen LogP contribution in [0.4, 0.5) is 0 Å². The molecule has 8 heteroatoms. The summed E-state index contributed by atoms with van der Waals surface area (Å²) in [6.45, 7) is 0. The Morgan fingerprint density at radius 1 is 0.478 bits per heavy atom. The van der Waals surface area contributed by atoms with Gasteiger partial charge in [-0.1, -0.05) is 101 Å². The Balaban J connectivity index is 1.29. The summed E-state index contributed by atoms with van der Waals surface area (Å²) in [5.74, 6) is 0. The average Bonchev–Trinajstić information content (AvgIpc) is 3.27. The van der Waals surface area contributed by atoms with Gasteiger partial charge in [-0.3, -0.25) is 0 Å². The summed E-state index contributed by atoms with van der Waals surface area (Å²) in [5, 5.41) is 4.40. The zero-order valence-electron chi connectivity index (χ0n) is 12.0. The lowest BCUT2D eigenvalue weighted by atomic mass is 9.96. The van der Waals surface area contributed by atoms with E-state index in [1.165, 1.54) is 49.1 Å². The van der Waals surface area contributed by atoms with Gasteiger partial charge in [0.2, 0.25) is 0 Å². The second kappa shape index (κ2) is 7.25. The van der Waals surface area contributed by atoms with Crippen molar-refractivity contribution in [2.75, 3.05) is 0 Å². The monoisotopic (exact) mass is 448 g/mol. The molecule has 0 aromatic rings. The van der Waals surface area contributed by atoms with Gasteiger partial charge in [0, 0.05) is 0 Å². The van der Waals surface area contributed by atoms with E-state index in [-0.39, 0.29) is 0 Å². The Bertz CT molecular complexity index is 672. The molecule has 0 radical (unpaired) electrons. The first-order valence-electron chi connectivity index (χ1n) is 7.37. The topological polar surface area (TPSA) is 0 Å². The zero-order chi connectivity index (χ0) is 15.2. The maximum atomic E-state index is 2.20. The van der Waals surface area contributed by atoms with Crippen LogP contribution >= 0.6 is 94.1 Å². The van der Waals surface area contributed by atoms with E-state index in [0.29, 0.717) is 0 Å². The predicted octanol–water partition coefficient (Wildman–Crippen LogP) is 8.93. The third-order valence-corrected chi connectivity index (χ3v) is 15.3. The molecule has 0 saturated heterocycles. The van der Waals surface area contributed by atoms with Gasteiger partial charge in [0.15, 0.2) is 0 Å². The van der Waals surface area contributed by atoms with Crippen LogP contribution in [0.5, 0.6) is 0 Å². The van der Waals surface area contributed by atoms with Crippen LogP contribution in [-0.4, -0.2) is 0 Å². The van der Waals surface area contributed by atoms with Crippen molar-refractivity contribution in [1.82, 2.24) is 0 Å². The van der Waals surface area contributed by atoms with E-state index >= 15 is 0 Å². The van der Waals surface area contributed by atoms with Crippen LogP contribution in [0.25, 0.3) is 0 Å². The molecule has 0 atom stereocenters. The largest absolute Gasteiger partial charge is 0.0884 e. The van der Waals surface area contributed by atoms with Gasteiger partial charge in [0.05, 0.1) is 29.7 Å². The summed E-state index contributed by atoms with van der Waals surface area (Å²) in [6.07, 6.45) is 6.89. The fourth-order valence-corrected chi connectivity index (χ4v) is 14.7. The van der Waals surface area contributed by atoms with Crippen molar-refractivity contribution in [2.45, 2.75) is 32.1 Å². The molecular formula is C15H12S8. The van der Waals surface area contributed by atoms with Crippen molar-refractivity contribution in [3.63, 3.8) is 0 Å². The van der Waals surface area contributed by atoms with E-state index in [4.69, 9.17) is 0 Å². The molecule has 1 saturated carbocycles. The molecule has 0 aromatic heterocycles. The van der Waals surface area contributed by atoms with Crippen LogP contribution in [-0.2, 0) is 0 Å². The van der Waals surface area contributed by atoms with Crippen molar-refractivity contribution in [3.8, 4) is 0 Å². The zero-order valence-corrected chi connectivity index (χ0v) is 18.5. The van der Waals surface area contributed by atoms with Crippen molar-refractivity contribution < 1.29 is 0 Å². The first-order chi connectivity index (χ1) is 11.4. The van der Waals surface area contributed by atoms with E-state index in [1.807, 2.05) is 70.6 Å². The maximum absolute atomic E-state index is 2.20. The van der Waals surface area contributed by atoms with Crippen molar-refractivity contribution >= 4 is 94.1 Å². The molecule has 1 aliphatic carbocycles. The van der Waals surface area contributed by atoms with Crippen molar-refractivity contribution in [2.24, 2.45) is 0 Å². The maximum Gasteiger partial charge on any atom is 0.0718 e. The molecule has 0 nitrogen and oxygen atoms in total. The predicted molar refractivity (Wildman–Crippen MR) is 121 cm³/mol. The third-order valence-electron chi connectivity index (χ3n) is 3.76. The SMILES string of the molecule is C1=CSC2=C(S1)SC(=C1SC3=C(SC(=C4CCCCC4)S3)S1)S2. The normalized spacial score (nSPS) is 27.5. The molecule has 23 heavy (non-hydrogen) atoms. The van der Waals surface area contributed by atoms with Gasteiger partial charge in [0.25, 0.3) is 0 Å². The second-order valence-electron chi connectivity index (χ2n) is 5.30. The van der Waals surface area contributed by atoms with Crippen LogP contribution in [0.1, 0.15) is 32.1 Å². The number of allylic oxidation sites excluding steroid dienone is 1. The van der Waals surface area contributed by atoms with Gasteiger partial charge >= 0.3 is 0 Å². The number of hydrogen-bond acceptors (Lipinski definition) is 8. The van der Waals surface area contributed by atoms with E-state index in [2.05, 4.69) is 34.3 Å². The average molecular weight is 449 g/mol. The minimum Gasteiger partial charge on any atom is -0.0884 e. The molecule has 0 aromatic carbocycles. The summed E-state index contributed by atoms with van der Waals surface area (Å²) in [5.41, 5.74) is 1.73. The number of rotatable bonds is 0. The Morgan fingerprint density at radius 2 is 0.913 bits per heavy atom. The van der Waals surface area contributed by atoms with Crippen molar-refractivity contribution in [1.29, 1.82) is 0 Å². The van der Waals surface area contributed by atoms with Crippen molar-refractivity contribution in [3.05, 3.63) is 46.0 Å². The van der Waals surface area contributed by atoms with Gasteiger partial charge in [-0.2, -0.15) is 0 Å². The quantitative estimate of drug-likeness (QED) is 0.355. The summed E-state index contributed by atoms with van der Waals surface area (Å²) in [4.78, 5) is 0. The Hall–Kier alpha value is 1.50. The van der Waals surface area contributed by atoms with Gasteiger partial charge in [-0.25, -0.2) is 0 Å². The number of hydrogen-bond donors (Lipinski definition) is 0. The Kier molecular flexibility index (Phi) is 5.25. The van der Waals surface area contributed by atoms with Crippen LogP contribution < -0.4 is 0 Å². The first kappa shape index (κ1) is 16.7. The molecule has 5 aliphatic rings. The Morgan fingerprint density at radius 3 is 1.43 bits per heavy atom. The van der Waals surface area contributed by atoms with Gasteiger partial charge in [-0.15, -0.1) is 0 Å². The van der Waals surface area contributed by atoms with Crippen LogP contribution in [0.3, 0.4) is 0 Å². The summed E-state index contributed by atoms with van der Waals surface area (Å²) >= 11 is 15.8. The van der Waals surface area contributed by atoms with Crippen LogP contribution in [0.2, 0.25) is 0 Å². The van der Waals surface area contributed by atoms with E-state index in [1.54, 1.807) is 18.3 Å². The molecule has 0 N–H and O–H groups in total. The van der Waals surface area contributed by atoms with Crippen LogP contribution in [0.15, 0.2) is 46.0 Å². The van der Waals surface area contributed by atoms with Gasteiger partial charge in [0.1, 0.15) is 0 Å². The highest BCUT2D eigenvalue weighted by molar-refractivity contribution is 8.49. The lowest BCUT2D eigenvalue weighted by molar-refractivity contribution is 0.599. The minimum absolute atomic E-state index is 1.34. The molecule has 5 rings (SSSR count). The number of thioether (sulfide) groups is 8. The lowest BCUT2D eigenvalue weighted by Crippen LogP contribution is -1.94. The second-order valence-corrected chi connectivity index (χ2v) is 15.1. The summed E-state index contributed by atoms with van der Waals surface area (Å²) in [6, 6.07) is 0. The molecule has 0 unspecified atom stereocenters. The first-order valence-corrected chi connectivity index (χ1v) is 14.0. The third kappa shape index (κ3) is 3.40. The highest BCUT2D eigenvalue weighted by Gasteiger charge is 2.35. The highest BCUT2D eigenvalue weighted by Crippen LogP contribution is 2.71. The highest BCUT2D eigenvalue weighted by atomic mass is 32.3. The smallest absolute Gasteiger partial charge is 0.0718 e. The summed E-state index contributed by atoms with van der Waals surface area (Å²) in [7, 11) is 0. The van der Waals surface area contributed by atoms with E-state index in [0.717, 1.165) is 0 Å². The molecule has 4 aliphatic heterocycles. The molecule has 4 heterocycles. The minimum atomic E-state index is 1.34. The van der Waals surface area contributed by atoms with Gasteiger partial charge < -0.3 is 0 Å². The molecule has 0 bridgehead atoms. The lowest BCUT2D eigenvalue weighted by Gasteiger charge is -2.16. The molecule has 1 fully saturated rings. The molecule has 120 valence electrons. The van der Waals surface area contributed by atoms with E-state index < -0.39 is 0 Å². The fourth-order valence-electron chi connectivity index (χ4n) is 2.68. The molecular weight excluding hydrogens is 437 g/mol.